The second-order valence-electron chi connectivity index (χ2n) is 9.06. The first-order valence-electron chi connectivity index (χ1n) is 11.5. The number of nitrogens with one attached hydrogen (secondary N) is 2. The molecule has 1 aliphatic heterocycles. The van der Waals surface area contributed by atoms with Gasteiger partial charge in [-0.05, 0) is 24.5 Å². The Balaban J connectivity index is 1.46. The maximum Gasteiger partial charge on any atom is 0.232 e. The van der Waals surface area contributed by atoms with E-state index in [1.54, 1.807) is 12.1 Å². The Morgan fingerprint density at radius 2 is 1.97 bits per heavy atom. The van der Waals surface area contributed by atoms with Crippen LogP contribution in [0.2, 0.25) is 5.02 Å². The molecule has 3 heterocycles. The van der Waals surface area contributed by atoms with Crippen LogP contribution in [0.5, 0.6) is 0 Å². The van der Waals surface area contributed by atoms with E-state index in [0.29, 0.717) is 71.2 Å². The molecule has 2 fully saturated rings. The van der Waals surface area contributed by atoms with Crippen molar-refractivity contribution in [2.24, 2.45) is 11.7 Å². The number of carbonyl (C=O) groups excluding carboxylic acids is 1. The molecular weight excluding hydrogens is 482 g/mol. The van der Waals surface area contributed by atoms with Crippen molar-refractivity contribution in [2.45, 2.75) is 19.4 Å². The van der Waals surface area contributed by atoms with Gasteiger partial charge in [-0.15, -0.1) is 0 Å². The summed E-state index contributed by atoms with van der Waals surface area (Å²) in [5.74, 6) is 0.852. The highest BCUT2D eigenvalue weighted by Gasteiger charge is 2.34. The Labute approximate surface area is 212 Å². The number of anilines is 4. The van der Waals surface area contributed by atoms with E-state index < -0.39 is 0 Å². The fourth-order valence-corrected chi connectivity index (χ4v) is 4.55. The van der Waals surface area contributed by atoms with Gasteiger partial charge in [-0.2, -0.15) is 30.1 Å². The molecular formula is C23H24ClN11O. The predicted octanol–water partition coefficient (Wildman–Crippen LogP) is 1.69. The molecule has 2 aromatic heterocycles. The van der Waals surface area contributed by atoms with E-state index in [-0.39, 0.29) is 24.4 Å². The molecule has 1 amide bonds. The zero-order valence-corrected chi connectivity index (χ0v) is 20.3. The van der Waals surface area contributed by atoms with E-state index in [1.165, 1.54) is 10.7 Å². The number of amides is 1. The van der Waals surface area contributed by atoms with Gasteiger partial charge in [0.15, 0.2) is 5.65 Å². The third kappa shape index (κ3) is 4.69. The van der Waals surface area contributed by atoms with Crippen molar-refractivity contribution in [3.63, 3.8) is 0 Å². The van der Waals surface area contributed by atoms with Crippen LogP contribution >= 0.6 is 11.6 Å². The third-order valence-corrected chi connectivity index (χ3v) is 6.83. The van der Waals surface area contributed by atoms with Crippen LogP contribution in [-0.4, -0.2) is 69.2 Å². The normalized spacial score (nSPS) is 19.5. The number of halogens is 1. The molecule has 0 radical (unpaired) electrons. The lowest BCUT2D eigenvalue weighted by Gasteiger charge is -2.36. The molecule has 4 N–H and O–H groups in total. The van der Waals surface area contributed by atoms with Gasteiger partial charge in [0.1, 0.15) is 11.6 Å². The summed E-state index contributed by atoms with van der Waals surface area (Å²) < 4.78 is 1.51. The van der Waals surface area contributed by atoms with E-state index in [1.807, 2.05) is 4.90 Å². The molecule has 2 atom stereocenters. The highest BCUT2D eigenvalue weighted by molar-refractivity contribution is 6.36. The Kier molecular flexibility index (Phi) is 6.22. The molecule has 1 saturated heterocycles. The number of hydrogen-bond acceptors (Lipinski definition) is 10. The number of rotatable bonds is 7. The van der Waals surface area contributed by atoms with Crippen molar-refractivity contribution in [3.8, 4) is 12.1 Å². The van der Waals surface area contributed by atoms with E-state index in [9.17, 15) is 15.3 Å². The Morgan fingerprint density at radius 3 is 2.61 bits per heavy atom. The maximum absolute atomic E-state index is 11.2. The van der Waals surface area contributed by atoms with Crippen molar-refractivity contribution >= 4 is 46.4 Å². The van der Waals surface area contributed by atoms with E-state index >= 15 is 0 Å². The molecule has 0 spiro atoms. The van der Waals surface area contributed by atoms with Gasteiger partial charge in [0.2, 0.25) is 17.8 Å². The number of nitrogens with zero attached hydrogens (tertiary/aromatic N) is 8. The van der Waals surface area contributed by atoms with Gasteiger partial charge in [0.25, 0.3) is 0 Å². The molecule has 1 aromatic carbocycles. The monoisotopic (exact) mass is 505 g/mol. The van der Waals surface area contributed by atoms with Crippen molar-refractivity contribution in [2.75, 3.05) is 48.3 Å². The summed E-state index contributed by atoms with van der Waals surface area (Å²) in [6.07, 6.45) is 2.47. The first-order valence-corrected chi connectivity index (χ1v) is 11.9. The SMILES string of the molecule is C[C@H]1C[C@@H]1Nc1nc(Nc2cc(C#N)cc(N3CCN(CC(N)=O)CC3)c2Cl)nc2c(C#N)cnn12. The molecule has 0 unspecified atom stereocenters. The van der Waals surface area contributed by atoms with Crippen LogP contribution in [0.4, 0.5) is 23.3 Å². The lowest BCUT2D eigenvalue weighted by atomic mass is 10.1. The topological polar surface area (TPSA) is 164 Å². The zero-order valence-electron chi connectivity index (χ0n) is 19.6. The summed E-state index contributed by atoms with van der Waals surface area (Å²) in [6, 6.07) is 7.94. The second kappa shape index (κ2) is 9.49. The van der Waals surface area contributed by atoms with Crippen molar-refractivity contribution in [3.05, 3.63) is 34.5 Å². The first-order chi connectivity index (χ1) is 17.4. The van der Waals surface area contributed by atoms with Gasteiger partial charge in [0.05, 0.1) is 40.8 Å². The summed E-state index contributed by atoms with van der Waals surface area (Å²) in [4.78, 5) is 24.4. The number of nitriles is 2. The fraction of sp³-hybridized carbons (Fsp3) is 0.391. The molecule has 1 saturated carbocycles. The standard InChI is InChI=1S/C23H24ClN11O/c1-13-6-16(13)30-23-32-22(31-21-15(10-26)11-28-35(21)23)29-17-7-14(9-25)8-18(20(17)24)34-4-2-33(3-5-34)12-19(27)36/h7-8,11,13,16H,2-6,12H2,1H3,(H2,27,36)(H2,29,30,31,32)/t13-,16-/m0/s1. The first kappa shape index (κ1) is 23.6. The predicted molar refractivity (Wildman–Crippen MR) is 134 cm³/mol. The number of primary amides is 1. The molecule has 3 aromatic rings. The van der Waals surface area contributed by atoms with Gasteiger partial charge in [-0.25, -0.2) is 0 Å². The fourth-order valence-electron chi connectivity index (χ4n) is 4.28. The van der Waals surface area contributed by atoms with Crippen LogP contribution in [0.3, 0.4) is 0 Å². The number of fused-ring (bicyclic) bond motifs is 1. The average molecular weight is 506 g/mol. The summed E-state index contributed by atoms with van der Waals surface area (Å²) in [5, 5.41) is 30.3. The summed E-state index contributed by atoms with van der Waals surface area (Å²) in [6.45, 7) is 4.89. The van der Waals surface area contributed by atoms with Crippen molar-refractivity contribution in [1.82, 2.24) is 24.5 Å². The van der Waals surface area contributed by atoms with Crippen LogP contribution in [0, 0.1) is 28.6 Å². The highest BCUT2D eigenvalue weighted by Crippen LogP contribution is 2.37. The lowest BCUT2D eigenvalue weighted by Crippen LogP contribution is -2.49. The van der Waals surface area contributed by atoms with Crippen molar-refractivity contribution < 1.29 is 4.79 Å². The smallest absolute Gasteiger partial charge is 0.232 e. The Hall–Kier alpha value is -4.13. The Bertz CT molecular complexity index is 1410. The zero-order chi connectivity index (χ0) is 25.4. The van der Waals surface area contributed by atoms with Gasteiger partial charge in [0, 0.05) is 32.2 Å². The maximum atomic E-state index is 11.2. The lowest BCUT2D eigenvalue weighted by molar-refractivity contribution is -0.119. The molecule has 2 aliphatic rings. The number of benzene rings is 1. The van der Waals surface area contributed by atoms with Gasteiger partial charge in [-0.1, -0.05) is 18.5 Å². The van der Waals surface area contributed by atoms with Gasteiger partial charge >= 0.3 is 0 Å². The summed E-state index contributed by atoms with van der Waals surface area (Å²) in [5.41, 5.74) is 7.59. The average Bonchev–Trinajstić information content (AvgIpc) is 3.38. The summed E-state index contributed by atoms with van der Waals surface area (Å²) >= 11 is 6.81. The highest BCUT2D eigenvalue weighted by atomic mass is 35.5. The van der Waals surface area contributed by atoms with Crippen LogP contribution < -0.4 is 21.3 Å². The number of aromatic nitrogens is 4. The molecule has 184 valence electrons. The number of nitrogens with two attached hydrogens (primary N) is 1. The van der Waals surface area contributed by atoms with E-state index in [0.717, 1.165) is 6.42 Å². The van der Waals surface area contributed by atoms with E-state index in [2.05, 4.69) is 49.7 Å². The van der Waals surface area contributed by atoms with Crippen LogP contribution in [0.15, 0.2) is 18.3 Å². The Morgan fingerprint density at radius 1 is 1.22 bits per heavy atom. The second-order valence-corrected chi connectivity index (χ2v) is 9.44. The molecule has 13 heteroatoms. The van der Waals surface area contributed by atoms with Crippen LogP contribution in [-0.2, 0) is 4.79 Å². The van der Waals surface area contributed by atoms with Crippen LogP contribution in [0.25, 0.3) is 5.65 Å². The quantitative estimate of drug-likeness (QED) is 0.430. The minimum absolute atomic E-state index is 0.210. The minimum Gasteiger partial charge on any atom is -0.369 e. The number of hydrogen-bond donors (Lipinski definition) is 3. The van der Waals surface area contributed by atoms with Gasteiger partial charge < -0.3 is 21.3 Å². The molecule has 12 nitrogen and oxygen atoms in total. The van der Waals surface area contributed by atoms with Crippen molar-refractivity contribution in [1.29, 1.82) is 10.5 Å². The molecule has 5 rings (SSSR count). The summed E-state index contributed by atoms with van der Waals surface area (Å²) in [7, 11) is 0. The number of carbonyl (C=O) groups is 1. The molecule has 36 heavy (non-hydrogen) atoms. The minimum atomic E-state index is -0.362. The number of piperazine rings is 1. The third-order valence-electron chi connectivity index (χ3n) is 6.43. The van der Waals surface area contributed by atoms with E-state index in [4.69, 9.17) is 17.3 Å². The largest absolute Gasteiger partial charge is 0.369 e. The molecule has 0 bridgehead atoms. The van der Waals surface area contributed by atoms with Gasteiger partial charge in [-0.3, -0.25) is 9.69 Å². The van der Waals surface area contributed by atoms with Crippen LogP contribution in [0.1, 0.15) is 24.5 Å². The molecule has 1 aliphatic carbocycles.